The van der Waals surface area contributed by atoms with Gasteiger partial charge in [-0.05, 0) is 35.0 Å². The van der Waals surface area contributed by atoms with Crippen molar-refractivity contribution in [2.45, 2.75) is 0 Å². The van der Waals surface area contributed by atoms with Gasteiger partial charge in [0.25, 0.3) is 5.91 Å². The summed E-state index contributed by atoms with van der Waals surface area (Å²) >= 11 is 0. The molecule has 1 N–H and O–H groups in total. The largest absolute Gasteiger partial charge is 0.484 e. The number of carbonyl (C=O) groups excluding carboxylic acids is 1. The zero-order valence-corrected chi connectivity index (χ0v) is 12.1. The molecular weight excluding hydrogens is 300 g/mol. The van der Waals surface area contributed by atoms with E-state index in [1.54, 1.807) is 6.07 Å². The maximum absolute atomic E-state index is 13.4. The van der Waals surface area contributed by atoms with Crippen molar-refractivity contribution in [1.82, 2.24) is 0 Å². The number of benzene rings is 3. The first-order valence-corrected chi connectivity index (χ1v) is 6.98. The average molecular weight is 313 g/mol. The van der Waals surface area contributed by atoms with E-state index in [9.17, 15) is 13.6 Å². The van der Waals surface area contributed by atoms with Crippen molar-refractivity contribution in [2.24, 2.45) is 0 Å². The van der Waals surface area contributed by atoms with Crippen LogP contribution >= 0.6 is 0 Å². The minimum Gasteiger partial charge on any atom is -0.484 e. The van der Waals surface area contributed by atoms with Crippen LogP contribution in [-0.4, -0.2) is 12.5 Å². The summed E-state index contributed by atoms with van der Waals surface area (Å²) in [6, 6.07) is 16.0. The number of hydrogen-bond acceptors (Lipinski definition) is 2. The lowest BCUT2D eigenvalue weighted by molar-refractivity contribution is -0.118. The molecule has 116 valence electrons. The molecule has 1 amide bonds. The fourth-order valence-electron chi connectivity index (χ4n) is 2.19. The van der Waals surface area contributed by atoms with Gasteiger partial charge in [-0.2, -0.15) is 0 Å². The molecule has 0 bridgehead atoms. The first kappa shape index (κ1) is 15.0. The van der Waals surface area contributed by atoms with E-state index >= 15 is 0 Å². The minimum absolute atomic E-state index is 0.211. The van der Waals surface area contributed by atoms with Crippen LogP contribution in [0.2, 0.25) is 0 Å². The van der Waals surface area contributed by atoms with Gasteiger partial charge in [-0.1, -0.05) is 30.3 Å². The second-order valence-corrected chi connectivity index (χ2v) is 4.97. The fraction of sp³-hybridized carbons (Fsp3) is 0.0556. The Morgan fingerprint density at radius 3 is 2.57 bits per heavy atom. The summed E-state index contributed by atoms with van der Waals surface area (Å²) in [5, 5.41) is 4.33. The molecule has 23 heavy (non-hydrogen) atoms. The smallest absolute Gasteiger partial charge is 0.262 e. The summed E-state index contributed by atoms with van der Waals surface area (Å²) in [7, 11) is 0. The number of amides is 1. The first-order chi connectivity index (χ1) is 11.1. The highest BCUT2D eigenvalue weighted by molar-refractivity contribution is 5.92. The molecule has 0 spiro atoms. The van der Waals surface area contributed by atoms with Crippen LogP contribution in [0.15, 0.2) is 60.7 Å². The number of halogens is 2. The molecule has 0 saturated carbocycles. The van der Waals surface area contributed by atoms with E-state index in [0.29, 0.717) is 5.75 Å². The summed E-state index contributed by atoms with van der Waals surface area (Å²) in [5.41, 5.74) is -0.211. The van der Waals surface area contributed by atoms with Gasteiger partial charge in [0.2, 0.25) is 0 Å². The van der Waals surface area contributed by atoms with Crippen LogP contribution in [0.4, 0.5) is 14.5 Å². The Bertz CT molecular complexity index is 865. The third-order valence-corrected chi connectivity index (χ3v) is 3.29. The average Bonchev–Trinajstić information content (AvgIpc) is 2.56. The quantitative estimate of drug-likeness (QED) is 0.786. The third-order valence-electron chi connectivity index (χ3n) is 3.29. The van der Waals surface area contributed by atoms with Gasteiger partial charge >= 0.3 is 0 Å². The molecule has 3 aromatic rings. The van der Waals surface area contributed by atoms with Crippen molar-refractivity contribution in [3.8, 4) is 5.75 Å². The third kappa shape index (κ3) is 3.63. The summed E-state index contributed by atoms with van der Waals surface area (Å²) in [6.45, 7) is -0.297. The molecule has 0 fully saturated rings. The van der Waals surface area contributed by atoms with Crippen molar-refractivity contribution in [3.05, 3.63) is 72.3 Å². The number of rotatable bonds is 4. The van der Waals surface area contributed by atoms with Gasteiger partial charge in [-0.25, -0.2) is 8.78 Å². The fourth-order valence-corrected chi connectivity index (χ4v) is 2.19. The number of anilines is 1. The standard InChI is InChI=1S/C18H13F2NO2/c19-14-6-8-16(20)17(10-14)21-18(22)11-23-15-7-5-12-3-1-2-4-13(12)9-15/h1-10H,11H2,(H,21,22). The normalized spacial score (nSPS) is 10.5. The van der Waals surface area contributed by atoms with E-state index in [1.807, 2.05) is 36.4 Å². The van der Waals surface area contributed by atoms with Crippen LogP contribution in [0.3, 0.4) is 0 Å². The lowest BCUT2D eigenvalue weighted by Gasteiger charge is -2.09. The van der Waals surface area contributed by atoms with Gasteiger partial charge in [0.05, 0.1) is 5.69 Å². The van der Waals surface area contributed by atoms with Crippen LogP contribution in [0, 0.1) is 11.6 Å². The molecule has 0 heterocycles. The number of nitrogens with one attached hydrogen (secondary N) is 1. The van der Waals surface area contributed by atoms with E-state index in [-0.39, 0.29) is 12.3 Å². The van der Waals surface area contributed by atoms with Gasteiger partial charge in [-0.3, -0.25) is 4.79 Å². The van der Waals surface area contributed by atoms with Gasteiger partial charge in [-0.15, -0.1) is 0 Å². The highest BCUT2D eigenvalue weighted by atomic mass is 19.1. The predicted octanol–water partition coefficient (Wildman–Crippen LogP) is 4.14. The highest BCUT2D eigenvalue weighted by Crippen LogP contribution is 2.20. The summed E-state index contributed by atoms with van der Waals surface area (Å²) in [4.78, 5) is 11.8. The topological polar surface area (TPSA) is 38.3 Å². The maximum atomic E-state index is 13.4. The Morgan fingerprint density at radius 2 is 1.74 bits per heavy atom. The molecule has 0 saturated heterocycles. The Labute approximate surface area is 131 Å². The maximum Gasteiger partial charge on any atom is 0.262 e. The van der Waals surface area contributed by atoms with Gasteiger partial charge in [0, 0.05) is 6.07 Å². The highest BCUT2D eigenvalue weighted by Gasteiger charge is 2.09. The van der Waals surface area contributed by atoms with Gasteiger partial charge in [0.15, 0.2) is 6.61 Å². The second-order valence-electron chi connectivity index (χ2n) is 4.97. The molecule has 0 radical (unpaired) electrons. The van der Waals surface area contributed by atoms with Gasteiger partial charge in [0.1, 0.15) is 17.4 Å². The van der Waals surface area contributed by atoms with Crippen LogP contribution in [0.1, 0.15) is 0 Å². The van der Waals surface area contributed by atoms with Gasteiger partial charge < -0.3 is 10.1 Å². The SMILES string of the molecule is O=C(COc1ccc2ccccc2c1)Nc1cc(F)ccc1F. The molecule has 0 aliphatic heterocycles. The molecular formula is C18H13F2NO2. The molecule has 0 aliphatic carbocycles. The first-order valence-electron chi connectivity index (χ1n) is 6.98. The Kier molecular flexibility index (Phi) is 4.19. The molecule has 0 aromatic heterocycles. The van der Waals surface area contributed by atoms with Crippen LogP contribution in [-0.2, 0) is 4.79 Å². The number of fused-ring (bicyclic) bond motifs is 1. The second kappa shape index (κ2) is 6.44. The van der Waals surface area contributed by atoms with E-state index < -0.39 is 17.5 Å². The number of ether oxygens (including phenoxy) is 1. The monoisotopic (exact) mass is 313 g/mol. The van der Waals surface area contributed by atoms with Crippen molar-refractivity contribution in [1.29, 1.82) is 0 Å². The van der Waals surface area contributed by atoms with Crippen LogP contribution in [0.25, 0.3) is 10.8 Å². The molecule has 0 aliphatic rings. The summed E-state index contributed by atoms with van der Waals surface area (Å²) in [6.07, 6.45) is 0. The number of carbonyl (C=O) groups is 1. The lowest BCUT2D eigenvalue weighted by atomic mass is 10.1. The molecule has 3 nitrogen and oxygen atoms in total. The zero-order chi connectivity index (χ0) is 16.2. The molecule has 0 atom stereocenters. The van der Waals surface area contributed by atoms with Crippen molar-refractivity contribution in [2.75, 3.05) is 11.9 Å². The molecule has 3 aromatic carbocycles. The Hall–Kier alpha value is -2.95. The number of hydrogen-bond donors (Lipinski definition) is 1. The molecule has 0 unspecified atom stereocenters. The van der Waals surface area contributed by atoms with Crippen molar-refractivity contribution in [3.63, 3.8) is 0 Å². The van der Waals surface area contributed by atoms with E-state index in [1.165, 1.54) is 0 Å². The van der Waals surface area contributed by atoms with E-state index in [2.05, 4.69) is 5.32 Å². The van der Waals surface area contributed by atoms with Crippen molar-refractivity contribution >= 4 is 22.4 Å². The lowest BCUT2D eigenvalue weighted by Crippen LogP contribution is -2.20. The van der Waals surface area contributed by atoms with Crippen LogP contribution in [0.5, 0.6) is 5.75 Å². The molecule has 5 heteroatoms. The minimum atomic E-state index is -0.703. The predicted molar refractivity (Wildman–Crippen MR) is 84.4 cm³/mol. The van der Waals surface area contributed by atoms with E-state index in [4.69, 9.17) is 4.74 Å². The van der Waals surface area contributed by atoms with Crippen molar-refractivity contribution < 1.29 is 18.3 Å². The molecule has 3 rings (SSSR count). The van der Waals surface area contributed by atoms with E-state index in [0.717, 1.165) is 29.0 Å². The summed E-state index contributed by atoms with van der Waals surface area (Å²) in [5.74, 6) is -1.37. The Morgan fingerprint density at radius 1 is 0.957 bits per heavy atom. The van der Waals surface area contributed by atoms with Crippen LogP contribution < -0.4 is 10.1 Å². The zero-order valence-electron chi connectivity index (χ0n) is 12.1. The Balaban J connectivity index is 1.64. The summed E-state index contributed by atoms with van der Waals surface area (Å²) < 4.78 is 31.9.